The minimum Gasteiger partial charge on any atom is -0.495 e. The summed E-state index contributed by atoms with van der Waals surface area (Å²) in [5, 5.41) is 11.7. The van der Waals surface area contributed by atoms with Crippen LogP contribution >= 0.6 is 11.6 Å². The lowest BCUT2D eigenvalue weighted by Gasteiger charge is -2.39. The Hall–Kier alpha value is -6.07. The Kier molecular flexibility index (Phi) is 11.4. The van der Waals surface area contributed by atoms with Crippen molar-refractivity contribution in [2.24, 2.45) is 5.41 Å². The smallest absolute Gasteiger partial charge is 0.433 e. The standard InChI is InChI=1S/C48H48ClF4N7O6/c1-46(2,3)19-37-47(23-55-33-18-36(48(51,52)53)54-20-30(33)47)39(29-6-5-7-31(49)40(29)50)41(57-37)43(63)56-32-11-9-25(17-35(32)66-4)44(64)59-15-14-26(21-59)24-8-10-28-27(16-24)22-60(45(28)65)34-12-13-38(61)58-42(34)62/h5-11,16-18,20,26,34,37,39,41,55,57H,12-15,19,21-23H2,1-4H3,(H,56,63)(H,58,61,62)/t26-,34?,37+,39+,41-,47+/m1/s1. The number of imide groups is 1. The van der Waals surface area contributed by atoms with E-state index in [-0.39, 0.29) is 82.7 Å². The van der Waals surface area contributed by atoms with Gasteiger partial charge in [0.25, 0.3) is 11.8 Å². The molecule has 3 aromatic carbocycles. The number of piperidine rings is 1. The van der Waals surface area contributed by atoms with Gasteiger partial charge in [0, 0.05) is 84.5 Å². The third-order valence-corrected chi connectivity index (χ3v) is 14.1. The van der Waals surface area contributed by atoms with Crippen LogP contribution in [-0.2, 0) is 32.5 Å². The number of anilines is 2. The summed E-state index contributed by atoms with van der Waals surface area (Å²) in [4.78, 5) is 73.3. The highest BCUT2D eigenvalue weighted by Crippen LogP contribution is 2.57. The first kappa shape index (κ1) is 45.1. The summed E-state index contributed by atoms with van der Waals surface area (Å²) in [6.07, 6.45) is -1.98. The van der Waals surface area contributed by atoms with Gasteiger partial charge < -0.3 is 30.5 Å². The SMILES string of the molecule is COc1cc(C(=O)N2CC[C@@H](c3ccc4c(c3)CN(C3CCC(=O)NC3=O)C4=O)C2)ccc1NC(=O)[C@@H]1N[C@@H](CC(C)(C)C)[C@@]2(CNc3cc(C(F)(F)F)ncc32)[C@H]1c1cccc(Cl)c1F. The van der Waals surface area contributed by atoms with Gasteiger partial charge in [0.2, 0.25) is 17.7 Å². The number of likely N-dealkylation sites (tertiary alicyclic amines) is 1. The number of methoxy groups -OCH3 is 1. The molecule has 6 atom stereocenters. The number of halogens is 5. The van der Waals surface area contributed by atoms with E-state index in [4.69, 9.17) is 16.3 Å². The highest BCUT2D eigenvalue weighted by Gasteiger charge is 2.62. The minimum absolute atomic E-state index is 0.0226. The van der Waals surface area contributed by atoms with Crippen LogP contribution in [0, 0.1) is 11.2 Å². The lowest BCUT2D eigenvalue weighted by molar-refractivity contribution is -0.141. The summed E-state index contributed by atoms with van der Waals surface area (Å²) >= 11 is 6.36. The summed E-state index contributed by atoms with van der Waals surface area (Å²) in [6.45, 7) is 7.20. The first-order valence-corrected chi connectivity index (χ1v) is 22.2. The van der Waals surface area contributed by atoms with Crippen molar-refractivity contribution in [3.63, 3.8) is 0 Å². The number of ether oxygens (including phenoxy) is 1. The van der Waals surface area contributed by atoms with Crippen molar-refractivity contribution in [1.82, 2.24) is 25.4 Å². The second-order valence-electron chi connectivity index (χ2n) is 19.0. The average molecular weight is 930 g/mol. The Morgan fingerprint density at radius 1 is 1.03 bits per heavy atom. The van der Waals surface area contributed by atoms with Crippen LogP contribution in [0.3, 0.4) is 0 Å². The number of aromatic nitrogens is 1. The van der Waals surface area contributed by atoms with Gasteiger partial charge >= 0.3 is 6.18 Å². The van der Waals surface area contributed by atoms with Crippen molar-refractivity contribution in [1.29, 1.82) is 0 Å². The van der Waals surface area contributed by atoms with Crippen molar-refractivity contribution in [2.45, 2.75) is 94.6 Å². The first-order valence-electron chi connectivity index (χ1n) is 21.8. The molecule has 346 valence electrons. The maximum Gasteiger partial charge on any atom is 0.433 e. The van der Waals surface area contributed by atoms with Crippen LogP contribution in [0.2, 0.25) is 5.02 Å². The molecule has 6 heterocycles. The van der Waals surface area contributed by atoms with Crippen molar-refractivity contribution in [3.05, 3.63) is 117 Å². The van der Waals surface area contributed by atoms with E-state index in [1.807, 2.05) is 32.9 Å². The highest BCUT2D eigenvalue weighted by atomic mass is 35.5. The number of hydrogen-bond acceptors (Lipinski definition) is 9. The van der Waals surface area contributed by atoms with Crippen molar-refractivity contribution < 1.29 is 46.3 Å². The van der Waals surface area contributed by atoms with E-state index in [0.717, 1.165) is 17.2 Å². The fourth-order valence-electron chi connectivity index (χ4n) is 10.7. The van der Waals surface area contributed by atoms with E-state index in [1.165, 1.54) is 36.4 Å². The molecule has 0 radical (unpaired) electrons. The van der Waals surface area contributed by atoms with Crippen LogP contribution < -0.4 is 26.0 Å². The number of amides is 5. The number of hydrogen-bond donors (Lipinski definition) is 4. The molecule has 3 fully saturated rings. The van der Waals surface area contributed by atoms with E-state index in [2.05, 4.69) is 26.3 Å². The minimum atomic E-state index is -4.71. The van der Waals surface area contributed by atoms with Gasteiger partial charge in [-0.1, -0.05) is 56.6 Å². The Bertz CT molecular complexity index is 2690. The molecule has 0 bridgehead atoms. The number of rotatable bonds is 8. The number of nitrogens with one attached hydrogen (secondary N) is 4. The molecule has 1 spiro atoms. The number of carbonyl (C=O) groups is 5. The number of alkyl halides is 3. The normalized spacial score (nSPS) is 24.9. The molecule has 0 aliphatic carbocycles. The second-order valence-corrected chi connectivity index (χ2v) is 19.5. The van der Waals surface area contributed by atoms with Crippen LogP contribution in [-0.4, -0.2) is 89.2 Å². The van der Waals surface area contributed by atoms with Gasteiger partial charge in [0.1, 0.15) is 23.3 Å². The molecule has 5 aliphatic rings. The van der Waals surface area contributed by atoms with Crippen LogP contribution in [0.15, 0.2) is 66.9 Å². The van der Waals surface area contributed by atoms with Gasteiger partial charge in [-0.3, -0.25) is 34.3 Å². The molecule has 4 N–H and O–H groups in total. The maximum absolute atomic E-state index is 16.3. The van der Waals surface area contributed by atoms with Crippen molar-refractivity contribution >= 4 is 52.5 Å². The van der Waals surface area contributed by atoms with E-state index < -0.39 is 59.0 Å². The molecule has 13 nitrogen and oxygen atoms in total. The van der Waals surface area contributed by atoms with Crippen LogP contribution in [0.5, 0.6) is 5.75 Å². The lowest BCUT2D eigenvalue weighted by atomic mass is 9.63. The Balaban J connectivity index is 0.953. The third kappa shape index (κ3) is 7.92. The zero-order valence-electron chi connectivity index (χ0n) is 36.6. The molecule has 5 amide bonds. The molecule has 9 rings (SSSR count). The molecule has 18 heteroatoms. The Morgan fingerprint density at radius 2 is 1.82 bits per heavy atom. The number of nitrogens with zero attached hydrogens (tertiary/aromatic N) is 3. The van der Waals surface area contributed by atoms with Gasteiger partial charge in [-0.2, -0.15) is 13.2 Å². The van der Waals surface area contributed by atoms with Gasteiger partial charge in [0.15, 0.2) is 0 Å². The largest absolute Gasteiger partial charge is 0.495 e. The predicted octanol–water partition coefficient (Wildman–Crippen LogP) is 7.15. The molecule has 66 heavy (non-hydrogen) atoms. The molecule has 1 unspecified atom stereocenters. The topological polar surface area (TPSA) is 162 Å². The third-order valence-electron chi connectivity index (χ3n) is 13.8. The molecule has 1 aromatic heterocycles. The number of pyridine rings is 1. The Labute approximate surface area is 383 Å². The number of carbonyl (C=O) groups excluding carboxylic acids is 5. The average Bonchev–Trinajstić information content (AvgIpc) is 4.05. The molecular formula is C48H48ClF4N7O6. The van der Waals surface area contributed by atoms with E-state index >= 15 is 4.39 Å². The molecule has 0 saturated carbocycles. The first-order chi connectivity index (χ1) is 31.3. The summed E-state index contributed by atoms with van der Waals surface area (Å²) in [7, 11) is 1.40. The lowest BCUT2D eigenvalue weighted by Crippen LogP contribution is -2.52. The molecular weight excluding hydrogens is 882 g/mol. The monoisotopic (exact) mass is 929 g/mol. The molecule has 5 aliphatic heterocycles. The maximum atomic E-state index is 16.3. The van der Waals surface area contributed by atoms with E-state index in [9.17, 15) is 37.1 Å². The van der Waals surface area contributed by atoms with Crippen LogP contribution in [0.1, 0.15) is 107 Å². The summed E-state index contributed by atoms with van der Waals surface area (Å²) in [5.74, 6) is -3.49. The number of fused-ring (bicyclic) bond motifs is 3. The quantitative estimate of drug-likeness (QED) is 0.106. The van der Waals surface area contributed by atoms with Crippen molar-refractivity contribution in [3.8, 4) is 5.75 Å². The summed E-state index contributed by atoms with van der Waals surface area (Å²) < 4.78 is 63.6. The predicted molar refractivity (Wildman–Crippen MR) is 236 cm³/mol. The van der Waals surface area contributed by atoms with Gasteiger partial charge in [-0.25, -0.2) is 4.39 Å². The van der Waals surface area contributed by atoms with Gasteiger partial charge in [0.05, 0.1) is 23.9 Å². The summed E-state index contributed by atoms with van der Waals surface area (Å²) in [5.41, 5.74) is 0.938. The van der Waals surface area contributed by atoms with Crippen LogP contribution in [0.4, 0.5) is 28.9 Å². The second kappa shape index (κ2) is 16.7. The van der Waals surface area contributed by atoms with Gasteiger partial charge in [-0.15, -0.1) is 0 Å². The molecule has 3 saturated heterocycles. The van der Waals surface area contributed by atoms with Crippen LogP contribution in [0.25, 0.3) is 0 Å². The molecule has 4 aromatic rings. The zero-order chi connectivity index (χ0) is 47.0. The fourth-order valence-corrected chi connectivity index (χ4v) is 10.9. The highest BCUT2D eigenvalue weighted by molar-refractivity contribution is 6.30. The van der Waals surface area contributed by atoms with Gasteiger partial charge in [-0.05, 0) is 77.8 Å². The number of benzene rings is 3. The Morgan fingerprint density at radius 3 is 2.55 bits per heavy atom. The fraction of sp³-hybridized carbons (Fsp3) is 0.417. The van der Waals surface area contributed by atoms with Crippen molar-refractivity contribution in [2.75, 3.05) is 37.4 Å². The van der Waals surface area contributed by atoms with E-state index in [1.54, 1.807) is 29.2 Å². The summed E-state index contributed by atoms with van der Waals surface area (Å²) in [6, 6.07) is 13.3. The zero-order valence-corrected chi connectivity index (χ0v) is 37.3. The van der Waals surface area contributed by atoms with E-state index in [0.29, 0.717) is 42.6 Å².